The van der Waals surface area contributed by atoms with Crippen LogP contribution < -0.4 is 14.4 Å². The molecule has 0 N–H and O–H groups in total. The zero-order chi connectivity index (χ0) is 22.0. The molecule has 2 aliphatic heterocycles. The number of para-hydroxylation sites is 1. The average Bonchev–Trinajstić information content (AvgIpc) is 3.24. The number of nitrogens with zero attached hydrogens (tertiary/aromatic N) is 2. The predicted molar refractivity (Wildman–Crippen MR) is 119 cm³/mol. The minimum Gasteiger partial charge on any atom is -0.454 e. The lowest BCUT2D eigenvalue weighted by molar-refractivity contribution is -0.142. The summed E-state index contributed by atoms with van der Waals surface area (Å²) in [4.78, 5) is 30.2. The Morgan fingerprint density at radius 2 is 1.81 bits per heavy atom. The van der Waals surface area contributed by atoms with Crippen LogP contribution in [0.2, 0.25) is 0 Å². The standard InChI is InChI=1S/C25H30N2O4/c1-25(2,3)24(29)26-13-7-8-19(16-26)23(28)27(20-9-5-4-6-10-20)15-18-11-12-21-22(14-18)31-17-30-21/h4-6,9-12,14,19H,7-8,13,15-17H2,1-3H3. The van der Waals surface area contributed by atoms with Crippen LogP contribution >= 0.6 is 0 Å². The van der Waals surface area contributed by atoms with Crippen molar-refractivity contribution in [3.05, 3.63) is 54.1 Å². The van der Waals surface area contributed by atoms with Crippen molar-refractivity contribution in [2.75, 3.05) is 24.8 Å². The largest absolute Gasteiger partial charge is 0.454 e. The molecule has 0 radical (unpaired) electrons. The van der Waals surface area contributed by atoms with E-state index in [4.69, 9.17) is 9.47 Å². The molecule has 1 fully saturated rings. The summed E-state index contributed by atoms with van der Waals surface area (Å²) in [5, 5.41) is 0. The van der Waals surface area contributed by atoms with Crippen molar-refractivity contribution < 1.29 is 19.1 Å². The van der Waals surface area contributed by atoms with Crippen LogP contribution in [0.15, 0.2) is 48.5 Å². The molecule has 4 rings (SSSR count). The summed E-state index contributed by atoms with van der Waals surface area (Å²) in [6.07, 6.45) is 1.63. The van der Waals surface area contributed by atoms with Crippen molar-refractivity contribution in [1.29, 1.82) is 0 Å². The van der Waals surface area contributed by atoms with Gasteiger partial charge in [0.25, 0.3) is 0 Å². The lowest BCUT2D eigenvalue weighted by atomic mass is 9.90. The lowest BCUT2D eigenvalue weighted by Crippen LogP contribution is -2.49. The number of piperidine rings is 1. The number of hydrogen-bond acceptors (Lipinski definition) is 4. The highest BCUT2D eigenvalue weighted by Crippen LogP contribution is 2.34. The fourth-order valence-electron chi connectivity index (χ4n) is 4.18. The van der Waals surface area contributed by atoms with Crippen LogP contribution in [0.3, 0.4) is 0 Å². The number of carbonyl (C=O) groups is 2. The van der Waals surface area contributed by atoms with Gasteiger partial charge in [0.1, 0.15) is 0 Å². The summed E-state index contributed by atoms with van der Waals surface area (Å²) in [5.41, 5.74) is 1.38. The smallest absolute Gasteiger partial charge is 0.232 e. The molecule has 0 saturated carbocycles. The third-order valence-corrected chi connectivity index (χ3v) is 5.81. The third-order valence-electron chi connectivity index (χ3n) is 5.81. The molecule has 1 unspecified atom stereocenters. The Morgan fingerprint density at radius 1 is 1.06 bits per heavy atom. The first-order valence-electron chi connectivity index (χ1n) is 10.9. The summed E-state index contributed by atoms with van der Waals surface area (Å²) in [7, 11) is 0. The number of likely N-dealkylation sites (tertiary alicyclic amines) is 1. The van der Waals surface area contributed by atoms with Crippen molar-refractivity contribution in [2.45, 2.75) is 40.2 Å². The summed E-state index contributed by atoms with van der Waals surface area (Å²) < 4.78 is 10.9. The number of amides is 2. The third kappa shape index (κ3) is 4.68. The first kappa shape index (κ1) is 21.2. The molecule has 164 valence electrons. The predicted octanol–water partition coefficient (Wildman–Crippen LogP) is 4.23. The highest BCUT2D eigenvalue weighted by molar-refractivity contribution is 5.95. The van der Waals surface area contributed by atoms with Crippen LogP contribution in [0.5, 0.6) is 11.5 Å². The number of hydrogen-bond donors (Lipinski definition) is 0. The molecule has 1 saturated heterocycles. The Kier molecular flexibility index (Phi) is 5.90. The molecule has 2 amide bonds. The van der Waals surface area contributed by atoms with Crippen molar-refractivity contribution in [1.82, 2.24) is 4.90 Å². The molecule has 6 heteroatoms. The van der Waals surface area contributed by atoms with Crippen molar-refractivity contribution in [3.8, 4) is 11.5 Å². The van der Waals surface area contributed by atoms with E-state index in [9.17, 15) is 9.59 Å². The molecule has 0 aliphatic carbocycles. The number of carbonyl (C=O) groups excluding carboxylic acids is 2. The van der Waals surface area contributed by atoms with Crippen molar-refractivity contribution in [2.24, 2.45) is 11.3 Å². The second kappa shape index (κ2) is 8.61. The van der Waals surface area contributed by atoms with E-state index < -0.39 is 5.41 Å². The van der Waals surface area contributed by atoms with Gasteiger partial charge in [0.05, 0.1) is 12.5 Å². The van der Waals surface area contributed by atoms with E-state index in [0.29, 0.717) is 25.4 Å². The van der Waals surface area contributed by atoms with Crippen LogP contribution in [0, 0.1) is 11.3 Å². The Hall–Kier alpha value is -3.02. The van der Waals surface area contributed by atoms with Gasteiger partial charge in [-0.05, 0) is 42.7 Å². The SMILES string of the molecule is CC(C)(C)C(=O)N1CCCC(C(=O)N(Cc2ccc3c(c2)OCO3)c2ccccc2)C1. The molecule has 2 aliphatic rings. The topological polar surface area (TPSA) is 59.1 Å². The first-order chi connectivity index (χ1) is 14.8. The van der Waals surface area contributed by atoms with Crippen LogP contribution in [0.4, 0.5) is 5.69 Å². The second-order valence-corrected chi connectivity index (χ2v) is 9.29. The molecule has 0 aromatic heterocycles. The molecule has 6 nitrogen and oxygen atoms in total. The lowest BCUT2D eigenvalue weighted by Gasteiger charge is -2.37. The normalized spacial score (nSPS) is 18.0. The van der Waals surface area contributed by atoms with Gasteiger partial charge in [-0.25, -0.2) is 0 Å². The second-order valence-electron chi connectivity index (χ2n) is 9.29. The summed E-state index contributed by atoms with van der Waals surface area (Å²) in [5.74, 6) is 1.37. The van der Waals surface area contributed by atoms with E-state index in [0.717, 1.165) is 29.8 Å². The summed E-state index contributed by atoms with van der Waals surface area (Å²) >= 11 is 0. The summed E-state index contributed by atoms with van der Waals surface area (Å²) in [6.45, 7) is 7.62. The van der Waals surface area contributed by atoms with Gasteiger partial charge in [-0.3, -0.25) is 9.59 Å². The van der Waals surface area contributed by atoms with Gasteiger partial charge >= 0.3 is 0 Å². The van der Waals surface area contributed by atoms with Gasteiger partial charge in [0, 0.05) is 24.2 Å². The van der Waals surface area contributed by atoms with Crippen LogP contribution in [0.1, 0.15) is 39.2 Å². The van der Waals surface area contributed by atoms with E-state index in [1.807, 2.05) is 79.1 Å². The fraction of sp³-hybridized carbons (Fsp3) is 0.440. The zero-order valence-corrected chi connectivity index (χ0v) is 18.5. The van der Waals surface area contributed by atoms with E-state index in [1.165, 1.54) is 0 Å². The van der Waals surface area contributed by atoms with E-state index in [2.05, 4.69) is 0 Å². The average molecular weight is 423 g/mol. The first-order valence-corrected chi connectivity index (χ1v) is 10.9. The fourth-order valence-corrected chi connectivity index (χ4v) is 4.18. The number of ether oxygens (including phenoxy) is 2. The minimum absolute atomic E-state index is 0.0512. The highest BCUT2D eigenvalue weighted by atomic mass is 16.7. The molecule has 2 aromatic carbocycles. The van der Waals surface area contributed by atoms with Gasteiger partial charge < -0.3 is 19.3 Å². The molecular weight excluding hydrogens is 392 g/mol. The Balaban J connectivity index is 1.56. The van der Waals surface area contributed by atoms with E-state index in [1.54, 1.807) is 0 Å². The van der Waals surface area contributed by atoms with Crippen LogP contribution in [0.25, 0.3) is 0 Å². The van der Waals surface area contributed by atoms with Gasteiger partial charge in [0.2, 0.25) is 18.6 Å². The van der Waals surface area contributed by atoms with E-state index in [-0.39, 0.29) is 24.5 Å². The molecule has 1 atom stereocenters. The minimum atomic E-state index is -0.448. The van der Waals surface area contributed by atoms with Crippen LogP contribution in [-0.4, -0.2) is 36.6 Å². The van der Waals surface area contributed by atoms with Crippen molar-refractivity contribution >= 4 is 17.5 Å². The van der Waals surface area contributed by atoms with Gasteiger partial charge in [-0.1, -0.05) is 45.0 Å². The Bertz CT molecular complexity index is 952. The number of anilines is 1. The zero-order valence-electron chi connectivity index (χ0n) is 18.5. The van der Waals surface area contributed by atoms with Crippen LogP contribution in [-0.2, 0) is 16.1 Å². The molecular formula is C25H30N2O4. The van der Waals surface area contributed by atoms with Gasteiger partial charge in [0.15, 0.2) is 11.5 Å². The maximum atomic E-state index is 13.7. The Labute approximate surface area is 183 Å². The maximum absolute atomic E-state index is 13.7. The number of rotatable bonds is 4. The monoisotopic (exact) mass is 422 g/mol. The number of fused-ring (bicyclic) bond motifs is 1. The molecule has 2 aromatic rings. The quantitative estimate of drug-likeness (QED) is 0.740. The molecule has 0 bridgehead atoms. The molecule has 31 heavy (non-hydrogen) atoms. The maximum Gasteiger partial charge on any atom is 0.232 e. The highest BCUT2D eigenvalue weighted by Gasteiger charge is 2.35. The molecule has 0 spiro atoms. The van der Waals surface area contributed by atoms with Gasteiger partial charge in [-0.2, -0.15) is 0 Å². The van der Waals surface area contributed by atoms with Gasteiger partial charge in [-0.15, -0.1) is 0 Å². The Morgan fingerprint density at radius 3 is 2.55 bits per heavy atom. The number of benzene rings is 2. The summed E-state index contributed by atoms with van der Waals surface area (Å²) in [6, 6.07) is 15.5. The van der Waals surface area contributed by atoms with E-state index >= 15 is 0 Å². The van der Waals surface area contributed by atoms with Crippen molar-refractivity contribution in [3.63, 3.8) is 0 Å². The molecule has 2 heterocycles.